The van der Waals surface area contributed by atoms with Gasteiger partial charge < -0.3 is 24.8 Å². The highest BCUT2D eigenvalue weighted by Gasteiger charge is 2.38. The summed E-state index contributed by atoms with van der Waals surface area (Å²) in [5.74, 6) is 0.193. The molecule has 2 aromatic heterocycles. The van der Waals surface area contributed by atoms with Crippen molar-refractivity contribution in [3.63, 3.8) is 0 Å². The normalized spacial score (nSPS) is 25.9. The molecule has 3 heterocycles. The first-order chi connectivity index (χ1) is 10.3. The van der Waals surface area contributed by atoms with E-state index >= 15 is 0 Å². The first kappa shape index (κ1) is 15.7. The van der Waals surface area contributed by atoms with Crippen LogP contribution in [0.25, 0.3) is 11.2 Å². The van der Waals surface area contributed by atoms with Gasteiger partial charge in [0.25, 0.3) is 0 Å². The number of hydrogen-bond acceptors (Lipinski definition) is 7. The lowest BCUT2D eigenvalue weighted by atomic mass is 10.2. The summed E-state index contributed by atoms with van der Waals surface area (Å²) in [7, 11) is 0. The van der Waals surface area contributed by atoms with Crippen molar-refractivity contribution >= 4 is 35.5 Å². The molecule has 0 aromatic carbocycles. The summed E-state index contributed by atoms with van der Waals surface area (Å²) in [5.41, 5.74) is 6.40. The zero-order chi connectivity index (χ0) is 15.9. The van der Waals surface area contributed by atoms with E-state index in [0.717, 1.165) is 0 Å². The summed E-state index contributed by atoms with van der Waals surface area (Å²) in [4.78, 5) is 30.0. The van der Waals surface area contributed by atoms with Gasteiger partial charge in [-0.15, -0.1) is 0 Å². The maximum Gasteiger partial charge on any atom is 0.321 e. The molecular formula is C10H13FN5O4PS. The van der Waals surface area contributed by atoms with Gasteiger partial charge in [-0.05, 0) is 11.8 Å². The van der Waals surface area contributed by atoms with E-state index in [1.165, 1.54) is 17.2 Å². The molecule has 12 heteroatoms. The first-order valence-electron chi connectivity index (χ1n) is 6.28. The molecule has 120 valence electrons. The molecule has 1 aliphatic heterocycles. The molecule has 0 spiro atoms. The van der Waals surface area contributed by atoms with Crippen molar-refractivity contribution in [3.8, 4) is 0 Å². The molecule has 2 aromatic rings. The molecule has 0 unspecified atom stereocenters. The smallest absolute Gasteiger partial charge is 0.321 e. The van der Waals surface area contributed by atoms with Crippen molar-refractivity contribution in [1.82, 2.24) is 19.5 Å². The highest BCUT2D eigenvalue weighted by molar-refractivity contribution is 8.06. The zero-order valence-electron chi connectivity index (χ0n) is 11.1. The van der Waals surface area contributed by atoms with Crippen molar-refractivity contribution in [2.45, 2.75) is 24.9 Å². The number of alkyl halides is 1. The van der Waals surface area contributed by atoms with Gasteiger partial charge in [0.05, 0.1) is 19.0 Å². The van der Waals surface area contributed by atoms with Gasteiger partial charge in [-0.1, -0.05) is 0 Å². The molecule has 9 nitrogen and oxygen atoms in total. The van der Waals surface area contributed by atoms with Crippen LogP contribution in [0.5, 0.6) is 0 Å². The predicted molar refractivity (Wildman–Crippen MR) is 77.8 cm³/mol. The summed E-state index contributed by atoms with van der Waals surface area (Å²) in [5, 5.41) is 0. The zero-order valence-corrected chi connectivity index (χ0v) is 12.8. The Morgan fingerprint density at radius 3 is 3.00 bits per heavy atom. The van der Waals surface area contributed by atoms with Gasteiger partial charge in [0.2, 0.25) is 0 Å². The number of aromatic nitrogens is 4. The van der Waals surface area contributed by atoms with E-state index in [4.69, 9.17) is 24.8 Å². The number of imidazole rings is 1. The summed E-state index contributed by atoms with van der Waals surface area (Å²) in [6.07, 6.45) is -0.288. The number of hydrogen-bond donors (Lipinski definition) is 3. The van der Waals surface area contributed by atoms with Gasteiger partial charge in [0, 0.05) is 6.42 Å². The summed E-state index contributed by atoms with van der Waals surface area (Å²) < 4.78 is 25.9. The molecule has 0 saturated carbocycles. The van der Waals surface area contributed by atoms with E-state index < -0.39 is 25.2 Å². The number of nitrogens with two attached hydrogens (primary N) is 1. The molecule has 3 rings (SSSR count). The van der Waals surface area contributed by atoms with Crippen LogP contribution in [-0.2, 0) is 21.1 Å². The lowest BCUT2D eigenvalue weighted by molar-refractivity contribution is -0.0327. The van der Waals surface area contributed by atoms with Gasteiger partial charge in [-0.2, -0.15) is 0 Å². The number of anilines is 1. The second-order valence-corrected chi connectivity index (χ2v) is 7.44. The van der Waals surface area contributed by atoms with Gasteiger partial charge in [-0.3, -0.25) is 4.57 Å². The lowest BCUT2D eigenvalue weighted by Gasteiger charge is -2.16. The standard InChI is InChI=1S/C10H13FN5O4PS/c11-6-1-5(2-19-21(17,18)22)20-10(6)16-4-15-7-8(12)13-3-14-9(7)16/h3-6,10H,1-2H2,(H2,12,13,14)(H2,17,18,22)/t5-,6-,10+/m0/s1. The quantitative estimate of drug-likeness (QED) is 0.666. The average molecular weight is 349 g/mol. The molecule has 0 radical (unpaired) electrons. The Morgan fingerprint density at radius 2 is 2.27 bits per heavy atom. The molecule has 1 fully saturated rings. The van der Waals surface area contributed by atoms with Gasteiger partial charge in [0.1, 0.15) is 18.0 Å². The topological polar surface area (TPSA) is 129 Å². The highest BCUT2D eigenvalue weighted by atomic mass is 32.5. The third-order valence-electron chi connectivity index (χ3n) is 3.22. The van der Waals surface area contributed by atoms with E-state index in [1.807, 2.05) is 0 Å². The van der Waals surface area contributed by atoms with E-state index in [-0.39, 0.29) is 18.8 Å². The Balaban J connectivity index is 1.80. The third-order valence-corrected chi connectivity index (χ3v) is 4.02. The summed E-state index contributed by atoms with van der Waals surface area (Å²) in [6.45, 7) is -3.99. The molecular weight excluding hydrogens is 336 g/mol. The Hall–Kier alpha value is -1.23. The van der Waals surface area contributed by atoms with Crippen LogP contribution < -0.4 is 5.73 Å². The fourth-order valence-corrected chi connectivity index (χ4v) is 2.83. The molecule has 0 bridgehead atoms. The number of ether oxygens (including phenoxy) is 1. The number of nitrogens with zero attached hydrogens (tertiary/aromatic N) is 4. The number of rotatable bonds is 4. The third kappa shape index (κ3) is 3.09. The fourth-order valence-electron chi connectivity index (χ4n) is 2.29. The maximum absolute atomic E-state index is 14.2. The van der Waals surface area contributed by atoms with Crippen LogP contribution in [0.4, 0.5) is 10.2 Å². The van der Waals surface area contributed by atoms with E-state index in [2.05, 4.69) is 26.8 Å². The second kappa shape index (κ2) is 5.76. The Morgan fingerprint density at radius 1 is 1.50 bits per heavy atom. The van der Waals surface area contributed by atoms with Crippen LogP contribution in [0, 0.1) is 0 Å². The van der Waals surface area contributed by atoms with Crippen LogP contribution in [-0.4, -0.2) is 48.2 Å². The number of nitrogen functional groups attached to an aromatic ring is 1. The molecule has 22 heavy (non-hydrogen) atoms. The van der Waals surface area contributed by atoms with Crippen molar-refractivity contribution in [2.24, 2.45) is 0 Å². The second-order valence-electron chi connectivity index (χ2n) is 4.77. The van der Waals surface area contributed by atoms with E-state index in [1.54, 1.807) is 0 Å². The predicted octanol–water partition coefficient (Wildman–Crippen LogP) is 0.260. The Kier molecular flexibility index (Phi) is 4.10. The molecule has 4 N–H and O–H groups in total. The minimum absolute atomic E-state index is 0.0280. The Labute approximate surface area is 129 Å². The Bertz CT molecular complexity index is 739. The molecule has 3 atom stereocenters. The highest BCUT2D eigenvalue weighted by Crippen LogP contribution is 2.39. The lowest BCUT2D eigenvalue weighted by Crippen LogP contribution is -2.17. The minimum atomic E-state index is -3.79. The fraction of sp³-hybridized carbons (Fsp3) is 0.500. The largest absolute Gasteiger partial charge is 0.382 e. The van der Waals surface area contributed by atoms with Crippen LogP contribution in [0.15, 0.2) is 12.7 Å². The number of halogens is 1. The summed E-state index contributed by atoms with van der Waals surface area (Å²) >= 11 is 4.34. The van der Waals surface area contributed by atoms with E-state index in [9.17, 15) is 4.39 Å². The average Bonchev–Trinajstić information content (AvgIpc) is 3.00. The minimum Gasteiger partial charge on any atom is -0.382 e. The van der Waals surface area contributed by atoms with Gasteiger partial charge >= 0.3 is 6.72 Å². The molecule has 0 amide bonds. The monoisotopic (exact) mass is 349 g/mol. The van der Waals surface area contributed by atoms with E-state index in [0.29, 0.717) is 11.2 Å². The van der Waals surface area contributed by atoms with Crippen molar-refractivity contribution < 1.29 is 23.4 Å². The van der Waals surface area contributed by atoms with Crippen LogP contribution in [0.2, 0.25) is 0 Å². The molecule has 0 aliphatic carbocycles. The maximum atomic E-state index is 14.2. The molecule has 1 aliphatic rings. The van der Waals surface area contributed by atoms with Gasteiger partial charge in [0.15, 0.2) is 17.7 Å². The van der Waals surface area contributed by atoms with Crippen LogP contribution >= 0.6 is 6.72 Å². The van der Waals surface area contributed by atoms with Crippen molar-refractivity contribution in [2.75, 3.05) is 12.3 Å². The van der Waals surface area contributed by atoms with Crippen LogP contribution in [0.3, 0.4) is 0 Å². The molecule has 1 saturated heterocycles. The van der Waals surface area contributed by atoms with Crippen molar-refractivity contribution in [1.29, 1.82) is 0 Å². The van der Waals surface area contributed by atoms with Gasteiger partial charge in [-0.25, -0.2) is 19.3 Å². The number of fused-ring (bicyclic) bond motifs is 1. The SMILES string of the molecule is Nc1ncnc2c1ncn2[C@@H]1O[C@H](COP(O)(O)=S)C[C@@H]1F. The van der Waals surface area contributed by atoms with Crippen LogP contribution in [0.1, 0.15) is 12.6 Å². The van der Waals surface area contributed by atoms with Crippen molar-refractivity contribution in [3.05, 3.63) is 12.7 Å². The first-order valence-corrected chi connectivity index (χ1v) is 8.90. The summed E-state index contributed by atoms with van der Waals surface area (Å²) in [6, 6.07) is 0.